The molecule has 366 valence electrons. The van der Waals surface area contributed by atoms with Crippen molar-refractivity contribution in [1.82, 2.24) is 29.5 Å². The van der Waals surface area contributed by atoms with Gasteiger partial charge in [0.15, 0.2) is 0 Å². The second-order valence-corrected chi connectivity index (χ2v) is 24.8. The number of nitrogens with zero attached hydrogens (tertiary/aromatic N) is 4. The van der Waals surface area contributed by atoms with Crippen LogP contribution in [0.3, 0.4) is 0 Å². The number of benzene rings is 1. The van der Waals surface area contributed by atoms with Crippen molar-refractivity contribution >= 4 is 56.2 Å². The fourth-order valence-electron chi connectivity index (χ4n) is 9.31. The van der Waals surface area contributed by atoms with E-state index in [1.54, 1.807) is 32.1 Å². The number of carbonyl (C=O) groups is 4. The van der Waals surface area contributed by atoms with Gasteiger partial charge in [0.1, 0.15) is 34.3 Å². The molecule has 5 atom stereocenters. The number of thiazole rings is 1. The molecule has 17 heteroatoms. The van der Waals surface area contributed by atoms with Gasteiger partial charge in [-0.3, -0.25) is 23.7 Å². The normalized spacial score (nSPS) is 21.0. The zero-order chi connectivity index (χ0) is 48.5. The van der Waals surface area contributed by atoms with Gasteiger partial charge in [-0.1, -0.05) is 86.1 Å². The molecule has 2 saturated carbocycles. The van der Waals surface area contributed by atoms with E-state index in [0.29, 0.717) is 31.2 Å². The average Bonchev–Trinajstić information content (AvgIpc) is 4.05. The van der Waals surface area contributed by atoms with E-state index >= 15 is 0 Å². The molecule has 1 aromatic carbocycles. The Morgan fingerprint density at radius 1 is 0.955 bits per heavy atom. The summed E-state index contributed by atoms with van der Waals surface area (Å²) in [5, 5.41) is 3.63. The number of hydrogen-bond donors (Lipinski definition) is 3. The van der Waals surface area contributed by atoms with Crippen molar-refractivity contribution in [1.29, 1.82) is 0 Å². The van der Waals surface area contributed by atoms with E-state index in [1.165, 1.54) is 9.78 Å². The summed E-state index contributed by atoms with van der Waals surface area (Å²) in [4.78, 5) is 65.4. The molecule has 3 aromatic rings. The highest BCUT2D eigenvalue weighted by molar-refractivity contribution is 7.91. The van der Waals surface area contributed by atoms with Crippen molar-refractivity contribution in [2.45, 2.75) is 200 Å². The molecule has 6 rings (SSSR count). The summed E-state index contributed by atoms with van der Waals surface area (Å²) in [7, 11) is -3.64. The second-order valence-electron chi connectivity index (χ2n) is 21.6. The summed E-state index contributed by atoms with van der Waals surface area (Å²) in [5.41, 5.74) is 8.04. The SMILES string of the molecule is CC[C@@H]1C[C@@H]1C(=O)NS(=O)(=O)C1(CCCCCCCCc2sc(-c3cccc4c3nc(O[C@@H]3C[C@@H](C(N)=O)N(C(=O)[C@@H](NC(=O)OC(C)(C)C)C(C)(C)C)C3)n4C(C)C)nc2C(C)C)CC1. The molecule has 4 amide bonds. The number of amides is 4. The Hall–Kier alpha value is -4.25. The van der Waals surface area contributed by atoms with Gasteiger partial charge in [-0.25, -0.2) is 18.2 Å². The number of aromatic nitrogens is 3. The van der Waals surface area contributed by atoms with Gasteiger partial charge >= 0.3 is 6.09 Å². The highest BCUT2D eigenvalue weighted by Gasteiger charge is 2.55. The van der Waals surface area contributed by atoms with Crippen molar-refractivity contribution in [3.63, 3.8) is 0 Å². The van der Waals surface area contributed by atoms with E-state index in [9.17, 15) is 27.6 Å². The van der Waals surface area contributed by atoms with Crippen molar-refractivity contribution in [2.75, 3.05) is 6.54 Å². The van der Waals surface area contributed by atoms with Crippen LogP contribution in [0, 0.1) is 17.3 Å². The number of rotatable bonds is 21. The Morgan fingerprint density at radius 3 is 2.20 bits per heavy atom. The smallest absolute Gasteiger partial charge is 0.408 e. The molecular weight excluding hydrogens is 879 g/mol. The first-order valence-corrected chi connectivity index (χ1v) is 26.5. The minimum absolute atomic E-state index is 0.0380. The van der Waals surface area contributed by atoms with Gasteiger partial charge in [-0.2, -0.15) is 4.98 Å². The van der Waals surface area contributed by atoms with Gasteiger partial charge in [-0.15, -0.1) is 11.3 Å². The van der Waals surface area contributed by atoms with Gasteiger partial charge in [-0.05, 0) is 103 Å². The maximum atomic E-state index is 14.2. The maximum Gasteiger partial charge on any atom is 0.408 e. The molecule has 0 radical (unpaired) electrons. The molecule has 2 aromatic heterocycles. The van der Waals surface area contributed by atoms with E-state index < -0.39 is 61.9 Å². The molecule has 15 nitrogen and oxygen atoms in total. The average molecular weight is 954 g/mol. The van der Waals surface area contributed by atoms with Crippen molar-refractivity contribution in [3.05, 3.63) is 28.8 Å². The quantitative estimate of drug-likeness (QED) is 0.0865. The number of imidazole rings is 1. The van der Waals surface area contributed by atoms with Crippen LogP contribution in [0.25, 0.3) is 21.6 Å². The number of ether oxygens (including phenoxy) is 2. The zero-order valence-corrected chi connectivity index (χ0v) is 42.8. The third kappa shape index (κ3) is 11.9. The fourth-order valence-corrected chi connectivity index (χ4v) is 12.3. The summed E-state index contributed by atoms with van der Waals surface area (Å²) < 4.78 is 42.0. The molecule has 66 heavy (non-hydrogen) atoms. The Kier molecular flexibility index (Phi) is 15.6. The zero-order valence-electron chi connectivity index (χ0n) is 41.1. The van der Waals surface area contributed by atoms with E-state index in [4.69, 9.17) is 25.2 Å². The van der Waals surface area contributed by atoms with Crippen LogP contribution in [0.1, 0.15) is 176 Å². The van der Waals surface area contributed by atoms with Gasteiger partial charge in [0, 0.05) is 28.8 Å². The van der Waals surface area contributed by atoms with Gasteiger partial charge in [0.2, 0.25) is 27.7 Å². The number of sulfonamides is 1. The number of nitrogens with one attached hydrogen (secondary N) is 2. The molecule has 1 aliphatic heterocycles. The van der Waals surface area contributed by atoms with E-state index in [-0.39, 0.29) is 36.8 Å². The molecule has 0 unspecified atom stereocenters. The van der Waals surface area contributed by atoms with Crippen LogP contribution in [-0.4, -0.2) is 86.7 Å². The first kappa shape index (κ1) is 51.1. The van der Waals surface area contributed by atoms with Crippen LogP contribution >= 0.6 is 11.3 Å². The Labute approximate surface area is 396 Å². The standard InChI is InChI=1S/C49H75N7O8S2/c1-12-31-26-34(31)42(58)54-66(61,62)49(24-25-49)23-18-16-14-13-15-17-22-37-38(29(2)3)51-43(65-37)33-20-19-21-35-39(33)52-45(56(35)30(4)5)63-32-27-36(41(50)57)55(28-32)44(59)40(47(6,7)8)53-46(60)64-48(9,10)11/h19-21,29-32,34,36,40H,12-18,22-28H2,1-11H3,(H2,50,57)(H,53,60)(H,54,58)/t31-,32-,34+,36+,40-/m1/s1. The minimum atomic E-state index is -3.64. The largest absolute Gasteiger partial charge is 0.459 e. The van der Waals surface area contributed by atoms with Crippen molar-refractivity contribution in [2.24, 2.45) is 23.0 Å². The topological polar surface area (TPSA) is 205 Å². The number of unbranched alkanes of at least 4 members (excludes halogenated alkanes) is 5. The van der Waals surface area contributed by atoms with Gasteiger partial charge in [0.05, 0.1) is 22.5 Å². The van der Waals surface area contributed by atoms with Crippen LogP contribution < -0.4 is 20.5 Å². The highest BCUT2D eigenvalue weighted by atomic mass is 32.2. The van der Waals surface area contributed by atoms with Gasteiger partial charge < -0.3 is 25.4 Å². The van der Waals surface area contributed by atoms with Gasteiger partial charge in [0.25, 0.3) is 6.01 Å². The van der Waals surface area contributed by atoms with Crippen LogP contribution in [0.2, 0.25) is 0 Å². The molecule has 3 fully saturated rings. The summed E-state index contributed by atoms with van der Waals surface area (Å²) in [5.74, 6) is -1.01. The van der Waals surface area contributed by atoms with Crippen molar-refractivity contribution in [3.8, 4) is 16.6 Å². The lowest BCUT2D eigenvalue weighted by Gasteiger charge is -2.35. The van der Waals surface area contributed by atoms with Crippen LogP contribution in [0.5, 0.6) is 6.01 Å². The fraction of sp³-hybridized carbons (Fsp3) is 0.714. The highest BCUT2D eigenvalue weighted by Crippen LogP contribution is 2.48. The Morgan fingerprint density at radius 2 is 1.62 bits per heavy atom. The predicted octanol–water partition coefficient (Wildman–Crippen LogP) is 8.94. The summed E-state index contributed by atoms with van der Waals surface area (Å²) >= 11 is 1.70. The molecule has 2 aliphatic carbocycles. The van der Waals surface area contributed by atoms with E-state index in [0.717, 1.165) is 85.1 Å². The number of likely N-dealkylation sites (tertiary alicyclic amines) is 1. The molecule has 3 heterocycles. The first-order chi connectivity index (χ1) is 30.9. The number of nitrogens with two attached hydrogens (primary N) is 1. The van der Waals surface area contributed by atoms with Crippen LogP contribution in [0.4, 0.5) is 4.79 Å². The summed E-state index contributed by atoms with van der Waals surface area (Å²) in [6, 6.07) is 4.45. The molecule has 1 saturated heterocycles. The van der Waals surface area contributed by atoms with Crippen LogP contribution in [0.15, 0.2) is 18.2 Å². The Balaban J connectivity index is 1.09. The maximum absolute atomic E-state index is 14.2. The van der Waals surface area contributed by atoms with Crippen molar-refractivity contribution < 1.29 is 37.1 Å². The lowest BCUT2D eigenvalue weighted by molar-refractivity contribution is -0.141. The number of hydrogen-bond acceptors (Lipinski definition) is 11. The minimum Gasteiger partial charge on any atom is -0.459 e. The molecule has 4 N–H and O–H groups in total. The number of alkyl carbamates (subject to hydrolysis) is 1. The number of para-hydroxylation sites is 1. The third-order valence-corrected chi connectivity index (χ3v) is 16.7. The third-order valence-electron chi connectivity index (χ3n) is 13.3. The summed E-state index contributed by atoms with van der Waals surface area (Å²) in [6.45, 7) is 21.3. The lowest BCUT2D eigenvalue weighted by atomic mass is 9.85. The number of fused-ring (bicyclic) bond motifs is 1. The Bertz CT molecular complexity index is 2360. The summed E-state index contributed by atoms with van der Waals surface area (Å²) in [6.07, 6.45) is 9.35. The molecular formula is C49H75N7O8S2. The first-order valence-electron chi connectivity index (χ1n) is 24.2. The lowest BCUT2D eigenvalue weighted by Crippen LogP contribution is -2.58. The second kappa shape index (κ2) is 20.1. The van der Waals surface area contributed by atoms with Crippen LogP contribution in [-0.2, 0) is 35.6 Å². The van der Waals surface area contributed by atoms with E-state index in [2.05, 4.69) is 37.7 Å². The molecule has 0 spiro atoms. The molecule has 3 aliphatic rings. The predicted molar refractivity (Wildman–Crippen MR) is 259 cm³/mol. The number of aryl methyl sites for hydroxylation is 1. The molecule has 0 bridgehead atoms. The van der Waals surface area contributed by atoms with E-state index in [1.807, 2.05) is 50.5 Å². The number of primary amides is 1. The number of carbonyl (C=O) groups excluding carboxylic acids is 4. The monoisotopic (exact) mass is 954 g/mol.